The second-order valence-electron chi connectivity index (χ2n) is 4.69. The van der Waals surface area contributed by atoms with Crippen LogP contribution in [0.1, 0.15) is 23.7 Å². The third kappa shape index (κ3) is 1.74. The van der Waals surface area contributed by atoms with Crippen molar-refractivity contribution in [2.75, 3.05) is 6.54 Å². The van der Waals surface area contributed by atoms with Crippen molar-refractivity contribution in [3.05, 3.63) is 53.3 Å². The Balaban J connectivity index is 2.23. The number of rotatable bonds is 1. The Kier molecular flexibility index (Phi) is 2.71. The van der Waals surface area contributed by atoms with Crippen LogP contribution in [0.4, 0.5) is 0 Å². The molecule has 0 fully saturated rings. The molecule has 0 spiro atoms. The zero-order chi connectivity index (χ0) is 12.5. The molecule has 1 aliphatic heterocycles. The van der Waals surface area contributed by atoms with Gasteiger partial charge < -0.3 is 0 Å². The van der Waals surface area contributed by atoms with Crippen LogP contribution in [0.3, 0.4) is 0 Å². The summed E-state index contributed by atoms with van der Waals surface area (Å²) in [4.78, 5) is 8.92. The molecule has 90 valence electrons. The fourth-order valence-corrected chi connectivity index (χ4v) is 2.64. The van der Waals surface area contributed by atoms with Crippen LogP contribution in [-0.4, -0.2) is 17.2 Å². The number of aliphatic imine (C=N–C) groups is 1. The summed E-state index contributed by atoms with van der Waals surface area (Å²) in [5, 5.41) is 0. The minimum Gasteiger partial charge on any atom is -0.289 e. The van der Waals surface area contributed by atoms with Gasteiger partial charge in [0.25, 0.3) is 0 Å². The molecular weight excluding hydrogens is 220 g/mol. The molecule has 2 nitrogen and oxygen atoms in total. The molecule has 0 N–H and O–H groups in total. The highest BCUT2D eigenvalue weighted by Crippen LogP contribution is 2.30. The lowest BCUT2D eigenvalue weighted by Crippen LogP contribution is -2.11. The second kappa shape index (κ2) is 4.37. The second-order valence-corrected chi connectivity index (χ2v) is 4.69. The van der Waals surface area contributed by atoms with Crippen LogP contribution >= 0.6 is 0 Å². The highest BCUT2D eigenvalue weighted by Gasteiger charge is 2.16. The van der Waals surface area contributed by atoms with Gasteiger partial charge in [-0.1, -0.05) is 24.3 Å². The highest BCUT2D eigenvalue weighted by molar-refractivity contribution is 6.02. The van der Waals surface area contributed by atoms with Gasteiger partial charge in [-0.25, -0.2) is 0 Å². The molecule has 18 heavy (non-hydrogen) atoms. The van der Waals surface area contributed by atoms with Gasteiger partial charge in [0.05, 0.1) is 0 Å². The smallest absolute Gasteiger partial charge is 0.0451 e. The number of hydrogen-bond acceptors (Lipinski definition) is 2. The van der Waals surface area contributed by atoms with Gasteiger partial charge in [-0.2, -0.15) is 0 Å². The minimum atomic E-state index is 0.898. The number of aryl methyl sites for hydroxylation is 1. The molecular formula is C16H16N2. The Morgan fingerprint density at radius 1 is 0.944 bits per heavy atom. The van der Waals surface area contributed by atoms with Crippen LogP contribution in [-0.2, 0) is 6.42 Å². The average Bonchev–Trinajstić information content (AvgIpc) is 2.40. The number of pyridine rings is 1. The van der Waals surface area contributed by atoms with Crippen molar-refractivity contribution in [3.63, 3.8) is 0 Å². The van der Waals surface area contributed by atoms with E-state index in [9.17, 15) is 0 Å². The lowest BCUT2D eigenvalue weighted by Gasteiger charge is -2.19. The number of aromatic nitrogens is 1. The Hall–Kier alpha value is -1.96. The zero-order valence-corrected chi connectivity index (χ0v) is 10.8. The molecule has 1 aromatic heterocycles. The fraction of sp³-hybridized carbons (Fsp3) is 0.250. The first kappa shape index (κ1) is 11.1. The topological polar surface area (TPSA) is 25.2 Å². The molecule has 0 unspecified atom stereocenters. The monoisotopic (exact) mass is 236 g/mol. The first-order valence-corrected chi connectivity index (χ1v) is 6.32. The van der Waals surface area contributed by atoms with E-state index in [0.29, 0.717) is 0 Å². The third-order valence-corrected chi connectivity index (χ3v) is 3.57. The van der Waals surface area contributed by atoms with E-state index in [1.165, 1.54) is 22.3 Å². The van der Waals surface area contributed by atoms with Gasteiger partial charge in [0.15, 0.2) is 0 Å². The quantitative estimate of drug-likeness (QED) is 0.744. The normalized spacial score (nSPS) is 14.0. The largest absolute Gasteiger partial charge is 0.289 e. The standard InChI is InChI=1S/C16H16N2/c1-11-14(7-4-9-17-11)15-6-3-5-13-12(2)18-10-8-16(13)15/h3-7,9H,8,10H2,1-2H3. The van der Waals surface area contributed by atoms with Gasteiger partial charge in [0, 0.05) is 29.7 Å². The summed E-state index contributed by atoms with van der Waals surface area (Å²) >= 11 is 0. The predicted molar refractivity (Wildman–Crippen MR) is 75.2 cm³/mol. The first-order chi connectivity index (χ1) is 8.77. The SMILES string of the molecule is CC1=NCCc2c1cccc2-c1cccnc1C. The number of benzene rings is 1. The van der Waals surface area contributed by atoms with Gasteiger partial charge in [-0.15, -0.1) is 0 Å². The number of hydrogen-bond donors (Lipinski definition) is 0. The molecule has 0 bridgehead atoms. The number of nitrogens with zero attached hydrogens (tertiary/aromatic N) is 2. The lowest BCUT2D eigenvalue weighted by molar-refractivity contribution is 0.943. The summed E-state index contributed by atoms with van der Waals surface area (Å²) < 4.78 is 0. The molecule has 0 amide bonds. The van der Waals surface area contributed by atoms with Crippen LogP contribution in [0.5, 0.6) is 0 Å². The van der Waals surface area contributed by atoms with E-state index in [-0.39, 0.29) is 0 Å². The molecule has 0 saturated carbocycles. The van der Waals surface area contributed by atoms with Crippen LogP contribution in [0.15, 0.2) is 41.5 Å². The number of fused-ring (bicyclic) bond motifs is 1. The van der Waals surface area contributed by atoms with Crippen molar-refractivity contribution in [1.82, 2.24) is 4.98 Å². The molecule has 0 aliphatic carbocycles. The molecule has 0 atom stereocenters. The summed E-state index contributed by atoms with van der Waals surface area (Å²) in [6, 6.07) is 10.6. The lowest BCUT2D eigenvalue weighted by atomic mass is 9.89. The Morgan fingerprint density at radius 2 is 1.72 bits per heavy atom. The van der Waals surface area contributed by atoms with Crippen LogP contribution in [0, 0.1) is 6.92 Å². The first-order valence-electron chi connectivity index (χ1n) is 6.32. The minimum absolute atomic E-state index is 0.898. The molecule has 2 heterocycles. The van der Waals surface area contributed by atoms with Crippen molar-refractivity contribution in [3.8, 4) is 11.1 Å². The Morgan fingerprint density at radius 3 is 2.56 bits per heavy atom. The predicted octanol–water partition coefficient (Wildman–Crippen LogP) is 3.42. The molecule has 3 rings (SSSR count). The molecule has 0 radical (unpaired) electrons. The van der Waals surface area contributed by atoms with Gasteiger partial charge in [0.2, 0.25) is 0 Å². The summed E-state index contributed by atoms with van der Waals surface area (Å²) in [5.74, 6) is 0. The summed E-state index contributed by atoms with van der Waals surface area (Å²) in [6.07, 6.45) is 2.87. The van der Waals surface area contributed by atoms with Crippen molar-refractivity contribution < 1.29 is 0 Å². The highest BCUT2D eigenvalue weighted by atomic mass is 14.7. The molecule has 2 heteroatoms. The summed E-state index contributed by atoms with van der Waals surface area (Å²) in [5.41, 5.74) is 7.50. The van der Waals surface area contributed by atoms with E-state index < -0.39 is 0 Å². The van der Waals surface area contributed by atoms with Gasteiger partial charge >= 0.3 is 0 Å². The average molecular weight is 236 g/mol. The van der Waals surface area contributed by atoms with E-state index in [4.69, 9.17) is 0 Å². The van der Waals surface area contributed by atoms with E-state index in [2.05, 4.69) is 48.1 Å². The van der Waals surface area contributed by atoms with E-state index in [0.717, 1.165) is 24.4 Å². The summed E-state index contributed by atoms with van der Waals surface area (Å²) in [7, 11) is 0. The Bertz CT molecular complexity index is 627. The molecule has 1 aromatic carbocycles. The maximum atomic E-state index is 4.53. The van der Waals surface area contributed by atoms with Gasteiger partial charge in [0.1, 0.15) is 0 Å². The van der Waals surface area contributed by atoms with E-state index in [1.54, 1.807) is 0 Å². The van der Waals surface area contributed by atoms with Crippen LogP contribution in [0.25, 0.3) is 11.1 Å². The molecule has 0 saturated heterocycles. The maximum Gasteiger partial charge on any atom is 0.0451 e. The van der Waals surface area contributed by atoms with Gasteiger partial charge in [-0.05, 0) is 43.0 Å². The molecule has 2 aromatic rings. The van der Waals surface area contributed by atoms with Crippen molar-refractivity contribution in [2.45, 2.75) is 20.3 Å². The Labute approximate surface area is 107 Å². The summed E-state index contributed by atoms with van der Waals surface area (Å²) in [6.45, 7) is 5.06. The van der Waals surface area contributed by atoms with E-state index in [1.807, 2.05) is 12.3 Å². The maximum absolute atomic E-state index is 4.53. The van der Waals surface area contributed by atoms with Crippen molar-refractivity contribution in [1.29, 1.82) is 0 Å². The van der Waals surface area contributed by atoms with Crippen LogP contribution in [0.2, 0.25) is 0 Å². The zero-order valence-electron chi connectivity index (χ0n) is 10.8. The van der Waals surface area contributed by atoms with Crippen molar-refractivity contribution in [2.24, 2.45) is 4.99 Å². The van der Waals surface area contributed by atoms with Crippen LogP contribution < -0.4 is 0 Å². The molecule has 1 aliphatic rings. The van der Waals surface area contributed by atoms with Gasteiger partial charge in [-0.3, -0.25) is 9.98 Å². The van der Waals surface area contributed by atoms with E-state index >= 15 is 0 Å². The van der Waals surface area contributed by atoms with Crippen molar-refractivity contribution >= 4 is 5.71 Å². The third-order valence-electron chi connectivity index (χ3n) is 3.57. The fourth-order valence-electron chi connectivity index (χ4n) is 2.64.